The third-order valence-corrected chi connectivity index (χ3v) is 14.5. The highest BCUT2D eigenvalue weighted by molar-refractivity contribution is 5.76. The molecule has 1 aliphatic rings. The van der Waals surface area contributed by atoms with Crippen molar-refractivity contribution >= 4 is 5.97 Å². The first-order chi connectivity index (χ1) is 29.4. The van der Waals surface area contributed by atoms with Crippen molar-refractivity contribution in [3.8, 4) is 0 Å². The minimum Gasteiger partial charge on any atom is -0.462 e. The van der Waals surface area contributed by atoms with E-state index in [9.17, 15) is 9.90 Å². The number of aliphatic hydroxyl groups is 1. The second-order valence-corrected chi connectivity index (χ2v) is 23.4. The molecule has 0 radical (unpaired) electrons. The van der Waals surface area contributed by atoms with Gasteiger partial charge >= 0.3 is 5.97 Å². The Hall–Kier alpha value is -0.650. The number of rotatable bonds is 41. The van der Waals surface area contributed by atoms with E-state index in [1.165, 1.54) is 167 Å². The standard InChI is InChI=1S/C57H113NO4/c1-13-17-35-49(36-18-14-2)39-31-27-23-21-25-29-33-41-51(42-34-30-26-22-24-28-32-40-50(37-19-15-3)38-20-16-4)61-53(59)54(5,6)47-57(11,12)62-52-43-45-58(46-44-52)55(7,8)48-56(9,10)60/h49-52,60H,13-48H2,1-12H3. The molecule has 0 bridgehead atoms. The summed E-state index contributed by atoms with van der Waals surface area (Å²) in [6.07, 6.45) is 43.6. The lowest BCUT2D eigenvalue weighted by atomic mass is 9.81. The number of unbranched alkanes of at least 4 members (excludes halogenated alkanes) is 16. The van der Waals surface area contributed by atoms with E-state index in [0.29, 0.717) is 6.42 Å². The summed E-state index contributed by atoms with van der Waals surface area (Å²) in [5.74, 6) is 1.87. The Morgan fingerprint density at radius 1 is 0.516 bits per heavy atom. The molecule has 0 amide bonds. The molecule has 370 valence electrons. The van der Waals surface area contributed by atoms with E-state index >= 15 is 0 Å². The fraction of sp³-hybridized carbons (Fsp3) is 0.982. The Morgan fingerprint density at radius 3 is 1.21 bits per heavy atom. The molecule has 0 saturated carbocycles. The quantitative estimate of drug-likeness (QED) is 0.0490. The average molecular weight is 877 g/mol. The summed E-state index contributed by atoms with van der Waals surface area (Å²) in [4.78, 5) is 16.5. The number of nitrogens with zero attached hydrogens (tertiary/aromatic N) is 1. The van der Waals surface area contributed by atoms with Gasteiger partial charge in [0, 0.05) is 18.6 Å². The van der Waals surface area contributed by atoms with Gasteiger partial charge in [0.15, 0.2) is 0 Å². The van der Waals surface area contributed by atoms with E-state index in [1.807, 2.05) is 13.8 Å². The first-order valence-electron chi connectivity index (χ1n) is 27.7. The van der Waals surface area contributed by atoms with Crippen molar-refractivity contribution in [3.05, 3.63) is 0 Å². The van der Waals surface area contributed by atoms with E-state index < -0.39 is 16.6 Å². The molecule has 0 aromatic heterocycles. The van der Waals surface area contributed by atoms with Gasteiger partial charge in [-0.2, -0.15) is 0 Å². The monoisotopic (exact) mass is 876 g/mol. The van der Waals surface area contributed by atoms with E-state index in [0.717, 1.165) is 69.9 Å². The van der Waals surface area contributed by atoms with Crippen LogP contribution in [0, 0.1) is 17.3 Å². The lowest BCUT2D eigenvalue weighted by molar-refractivity contribution is -0.168. The number of likely N-dealkylation sites (tertiary alicyclic amines) is 1. The second kappa shape index (κ2) is 33.8. The third kappa shape index (κ3) is 29.8. The number of carbonyl (C=O) groups excluding carboxylic acids is 1. The van der Waals surface area contributed by atoms with Crippen LogP contribution < -0.4 is 0 Å². The summed E-state index contributed by atoms with van der Waals surface area (Å²) in [6.45, 7) is 28.1. The summed E-state index contributed by atoms with van der Waals surface area (Å²) in [7, 11) is 0. The molecule has 62 heavy (non-hydrogen) atoms. The summed E-state index contributed by atoms with van der Waals surface area (Å²) >= 11 is 0. The number of hydrogen-bond acceptors (Lipinski definition) is 5. The third-order valence-electron chi connectivity index (χ3n) is 14.5. The Morgan fingerprint density at radius 2 is 0.855 bits per heavy atom. The van der Waals surface area contributed by atoms with Gasteiger partial charge in [0.05, 0.1) is 22.7 Å². The lowest BCUT2D eigenvalue weighted by Gasteiger charge is -2.46. The van der Waals surface area contributed by atoms with Crippen LogP contribution in [-0.2, 0) is 14.3 Å². The first kappa shape index (κ1) is 59.4. The molecule has 0 unspecified atom stereocenters. The van der Waals surface area contributed by atoms with Gasteiger partial charge in [-0.25, -0.2) is 0 Å². The Labute approximate surface area is 389 Å². The Bertz CT molecular complexity index is 999. The predicted octanol–water partition coefficient (Wildman–Crippen LogP) is 17.5. The number of hydrogen-bond donors (Lipinski definition) is 1. The van der Waals surface area contributed by atoms with Gasteiger partial charge in [-0.3, -0.25) is 9.69 Å². The largest absolute Gasteiger partial charge is 0.462 e. The van der Waals surface area contributed by atoms with Gasteiger partial charge in [0.1, 0.15) is 6.10 Å². The highest BCUT2D eigenvalue weighted by Gasteiger charge is 2.40. The van der Waals surface area contributed by atoms with Crippen LogP contribution in [0.5, 0.6) is 0 Å². The smallest absolute Gasteiger partial charge is 0.311 e. The highest BCUT2D eigenvalue weighted by Crippen LogP contribution is 2.36. The summed E-state index contributed by atoms with van der Waals surface area (Å²) in [5, 5.41) is 10.5. The van der Waals surface area contributed by atoms with Crippen LogP contribution in [0.25, 0.3) is 0 Å². The van der Waals surface area contributed by atoms with Gasteiger partial charge in [-0.1, -0.05) is 195 Å². The van der Waals surface area contributed by atoms with Crippen molar-refractivity contribution in [1.82, 2.24) is 4.90 Å². The molecule has 0 aliphatic carbocycles. The fourth-order valence-corrected chi connectivity index (χ4v) is 11.2. The van der Waals surface area contributed by atoms with Crippen molar-refractivity contribution in [3.63, 3.8) is 0 Å². The molecule has 1 aliphatic heterocycles. The average Bonchev–Trinajstić information content (AvgIpc) is 3.19. The zero-order valence-electron chi connectivity index (χ0n) is 44.4. The zero-order chi connectivity index (χ0) is 46.3. The first-order valence-corrected chi connectivity index (χ1v) is 27.7. The molecule has 1 N–H and O–H groups in total. The molecule has 1 heterocycles. The van der Waals surface area contributed by atoms with Crippen LogP contribution in [0.15, 0.2) is 0 Å². The van der Waals surface area contributed by atoms with Crippen molar-refractivity contribution in [2.24, 2.45) is 17.3 Å². The van der Waals surface area contributed by atoms with E-state index in [1.54, 1.807) is 0 Å². The predicted molar refractivity (Wildman–Crippen MR) is 271 cm³/mol. The van der Waals surface area contributed by atoms with Crippen LogP contribution >= 0.6 is 0 Å². The molecule has 0 aromatic rings. The van der Waals surface area contributed by atoms with E-state index in [2.05, 4.69) is 74.1 Å². The molecular weight excluding hydrogens is 763 g/mol. The normalized spacial score (nSPS) is 15.2. The fourth-order valence-electron chi connectivity index (χ4n) is 11.2. The lowest BCUT2D eigenvalue weighted by Crippen LogP contribution is -2.53. The second-order valence-electron chi connectivity index (χ2n) is 23.4. The maximum Gasteiger partial charge on any atom is 0.311 e. The van der Waals surface area contributed by atoms with Crippen molar-refractivity contribution in [1.29, 1.82) is 0 Å². The van der Waals surface area contributed by atoms with E-state index in [4.69, 9.17) is 9.47 Å². The van der Waals surface area contributed by atoms with Crippen LogP contribution in [0.4, 0.5) is 0 Å². The van der Waals surface area contributed by atoms with Gasteiger partial charge in [-0.05, 0) is 119 Å². The van der Waals surface area contributed by atoms with Gasteiger partial charge in [-0.15, -0.1) is 0 Å². The Kier molecular flexibility index (Phi) is 32.3. The number of ether oxygens (including phenoxy) is 2. The highest BCUT2D eigenvalue weighted by atomic mass is 16.5. The van der Waals surface area contributed by atoms with Crippen LogP contribution in [-0.4, -0.2) is 58.0 Å². The molecule has 5 heteroatoms. The molecule has 5 nitrogen and oxygen atoms in total. The SMILES string of the molecule is CCCCC(CCCC)CCCCCCCCCC(CCCCCCCCCC(CCCC)CCCC)OC(=O)C(C)(C)CC(C)(C)OC1CCN(C(C)(C)CC(C)(C)O)CC1. The molecule has 1 saturated heterocycles. The molecule has 1 rings (SSSR count). The van der Waals surface area contributed by atoms with Crippen LogP contribution in [0.2, 0.25) is 0 Å². The van der Waals surface area contributed by atoms with Crippen molar-refractivity contribution < 1.29 is 19.4 Å². The number of esters is 1. The van der Waals surface area contributed by atoms with Gasteiger partial charge < -0.3 is 14.6 Å². The van der Waals surface area contributed by atoms with Gasteiger partial charge in [0.2, 0.25) is 0 Å². The maximum atomic E-state index is 14.0. The minimum atomic E-state index is -0.687. The topological polar surface area (TPSA) is 59.0 Å². The molecule has 0 atom stereocenters. The maximum absolute atomic E-state index is 14.0. The molecule has 0 aromatic carbocycles. The summed E-state index contributed by atoms with van der Waals surface area (Å²) in [6, 6.07) is 0. The number of carbonyl (C=O) groups is 1. The summed E-state index contributed by atoms with van der Waals surface area (Å²) in [5.41, 5.74) is -1.79. The molecule has 1 fully saturated rings. The Balaban J connectivity index is 2.65. The zero-order valence-corrected chi connectivity index (χ0v) is 44.4. The van der Waals surface area contributed by atoms with Gasteiger partial charge in [0.25, 0.3) is 0 Å². The van der Waals surface area contributed by atoms with Crippen LogP contribution in [0.1, 0.15) is 301 Å². The molecule has 0 spiro atoms. The molecular formula is C57H113NO4. The van der Waals surface area contributed by atoms with Crippen molar-refractivity contribution in [2.45, 2.75) is 330 Å². The van der Waals surface area contributed by atoms with Crippen molar-refractivity contribution in [2.75, 3.05) is 13.1 Å². The van der Waals surface area contributed by atoms with Crippen LogP contribution in [0.3, 0.4) is 0 Å². The van der Waals surface area contributed by atoms with E-state index in [-0.39, 0.29) is 23.7 Å². The summed E-state index contributed by atoms with van der Waals surface area (Å²) < 4.78 is 13.3. The minimum absolute atomic E-state index is 0.0220. The number of piperidine rings is 1.